The summed E-state index contributed by atoms with van der Waals surface area (Å²) in [5.74, 6) is 0.190. The predicted octanol–water partition coefficient (Wildman–Crippen LogP) is 3.69. The molecule has 2 aromatic heterocycles. The van der Waals surface area contributed by atoms with Gasteiger partial charge in [-0.15, -0.1) is 10.2 Å². The highest BCUT2D eigenvalue weighted by atomic mass is 32.2. The Morgan fingerprint density at radius 3 is 2.58 bits per heavy atom. The second-order valence-corrected chi connectivity index (χ2v) is 9.08. The van der Waals surface area contributed by atoms with Crippen molar-refractivity contribution in [3.05, 3.63) is 65.6 Å². The molecular weight excluding hydrogens is 438 g/mol. The zero-order valence-corrected chi connectivity index (χ0v) is 17.9. The maximum absolute atomic E-state index is 12.5. The van der Waals surface area contributed by atoms with Crippen LogP contribution < -0.4 is 10.0 Å². The summed E-state index contributed by atoms with van der Waals surface area (Å²) in [6.45, 7) is 1.92. The van der Waals surface area contributed by atoms with Gasteiger partial charge in [-0.25, -0.2) is 13.4 Å². The number of allylic oxidation sites excluding steroid dienone is 1. The molecule has 0 atom stereocenters. The van der Waals surface area contributed by atoms with Crippen LogP contribution in [0.25, 0.3) is 16.7 Å². The number of fused-ring (bicyclic) bond motifs is 1. The first-order valence-electron chi connectivity index (χ1n) is 9.21. The Labute approximate surface area is 181 Å². The van der Waals surface area contributed by atoms with Gasteiger partial charge in [0.15, 0.2) is 11.9 Å². The molecule has 0 aliphatic rings. The normalized spacial score (nSPS) is 12.1. The Balaban J connectivity index is 1.48. The van der Waals surface area contributed by atoms with Crippen LogP contribution >= 0.6 is 11.3 Å². The molecule has 2 aromatic carbocycles. The fourth-order valence-electron chi connectivity index (χ4n) is 2.64. The second-order valence-electron chi connectivity index (χ2n) is 6.33. The minimum Gasteiger partial charge on any atom is -0.436 e. The lowest BCUT2D eigenvalue weighted by atomic mass is 10.3. The average Bonchev–Trinajstić information content (AvgIpc) is 3.40. The van der Waals surface area contributed by atoms with Crippen LogP contribution in [-0.4, -0.2) is 29.9 Å². The molecule has 0 radical (unpaired) electrons. The van der Waals surface area contributed by atoms with E-state index in [1.54, 1.807) is 24.3 Å². The number of aldehydes is 1. The van der Waals surface area contributed by atoms with Gasteiger partial charge in [-0.3, -0.25) is 9.52 Å². The first-order valence-corrected chi connectivity index (χ1v) is 11.5. The molecule has 0 unspecified atom stereocenters. The number of carbonyl (C=O) groups excluding carboxylic acids is 1. The van der Waals surface area contributed by atoms with Crippen LogP contribution in [0.1, 0.15) is 17.8 Å². The van der Waals surface area contributed by atoms with Gasteiger partial charge in [-0.2, -0.15) is 0 Å². The number of aryl methyl sites for hydroxylation is 1. The summed E-state index contributed by atoms with van der Waals surface area (Å²) in [5, 5.41) is 11.6. The minimum atomic E-state index is -3.79. The number of oxazole rings is 1. The van der Waals surface area contributed by atoms with Crippen molar-refractivity contribution in [2.45, 2.75) is 18.2 Å². The number of anilines is 2. The third kappa shape index (κ3) is 4.62. The highest BCUT2D eigenvalue weighted by Gasteiger charge is 2.17. The van der Waals surface area contributed by atoms with Crippen LogP contribution in [0.3, 0.4) is 0 Å². The lowest BCUT2D eigenvalue weighted by Crippen LogP contribution is -2.12. The number of nitrogens with one attached hydrogen (secondary N) is 2. The number of rotatable bonds is 8. The number of nitrogens with zero attached hydrogens (tertiary/aromatic N) is 3. The molecule has 0 saturated carbocycles. The highest BCUT2D eigenvalue weighted by molar-refractivity contribution is 7.93. The SMILES string of the molecule is CCc1nnc(NS(=O)(=O)c2ccc(NC=C(C=O)c3nc4ccccc4o3)cc2)s1. The van der Waals surface area contributed by atoms with Gasteiger partial charge >= 0.3 is 0 Å². The molecule has 0 spiro atoms. The molecule has 0 fully saturated rings. The molecule has 4 aromatic rings. The minimum absolute atomic E-state index is 0.0739. The predicted molar refractivity (Wildman–Crippen MR) is 118 cm³/mol. The van der Waals surface area contributed by atoms with E-state index < -0.39 is 10.0 Å². The van der Waals surface area contributed by atoms with Crippen LogP contribution in [0.15, 0.2) is 64.0 Å². The van der Waals surface area contributed by atoms with E-state index in [9.17, 15) is 13.2 Å². The highest BCUT2D eigenvalue weighted by Crippen LogP contribution is 2.22. The van der Waals surface area contributed by atoms with Crippen molar-refractivity contribution >= 4 is 55.1 Å². The molecule has 2 heterocycles. The molecule has 0 aliphatic heterocycles. The van der Waals surface area contributed by atoms with E-state index >= 15 is 0 Å². The van der Waals surface area contributed by atoms with E-state index in [0.29, 0.717) is 29.5 Å². The number of carbonyl (C=O) groups is 1. The van der Waals surface area contributed by atoms with Crippen LogP contribution in [0, 0.1) is 0 Å². The maximum Gasteiger partial charge on any atom is 0.263 e. The van der Waals surface area contributed by atoms with Crippen molar-refractivity contribution in [3.63, 3.8) is 0 Å². The van der Waals surface area contributed by atoms with E-state index in [0.717, 1.165) is 5.01 Å². The van der Waals surface area contributed by atoms with Crippen molar-refractivity contribution in [2.75, 3.05) is 10.0 Å². The number of hydrogen-bond acceptors (Lipinski definition) is 9. The van der Waals surface area contributed by atoms with Crippen LogP contribution in [0.2, 0.25) is 0 Å². The Hall–Kier alpha value is -3.57. The largest absolute Gasteiger partial charge is 0.436 e. The lowest BCUT2D eigenvalue weighted by molar-refractivity contribution is -0.103. The zero-order chi connectivity index (χ0) is 21.8. The van der Waals surface area contributed by atoms with E-state index in [1.807, 2.05) is 19.1 Å². The molecule has 158 valence electrons. The average molecular weight is 456 g/mol. The third-order valence-electron chi connectivity index (χ3n) is 4.22. The van der Waals surface area contributed by atoms with Crippen LogP contribution in [-0.2, 0) is 21.2 Å². The Morgan fingerprint density at radius 2 is 1.90 bits per heavy atom. The van der Waals surface area contributed by atoms with Gasteiger partial charge in [0.05, 0.1) is 10.5 Å². The standard InChI is InChI=1S/C20H17N5O4S2/c1-2-18-23-24-20(30-18)25-31(27,28)15-9-7-14(8-10-15)21-11-13(12-26)19-22-16-5-3-4-6-17(16)29-19/h3-12,21H,2H2,1H3,(H,24,25). The first kappa shape index (κ1) is 20.7. The summed E-state index contributed by atoms with van der Waals surface area (Å²) in [4.78, 5) is 15.8. The smallest absolute Gasteiger partial charge is 0.263 e. The monoisotopic (exact) mass is 455 g/mol. The van der Waals surface area contributed by atoms with Crippen molar-refractivity contribution in [1.82, 2.24) is 15.2 Å². The van der Waals surface area contributed by atoms with Crippen LogP contribution in [0.4, 0.5) is 10.8 Å². The van der Waals surface area contributed by atoms with Gasteiger partial charge in [0, 0.05) is 11.9 Å². The van der Waals surface area contributed by atoms with E-state index in [4.69, 9.17) is 4.42 Å². The number of sulfonamides is 1. The molecule has 0 bridgehead atoms. The maximum atomic E-state index is 12.5. The van der Waals surface area contributed by atoms with E-state index in [1.165, 1.54) is 29.7 Å². The zero-order valence-electron chi connectivity index (χ0n) is 16.3. The number of aromatic nitrogens is 3. The van der Waals surface area contributed by atoms with Crippen molar-refractivity contribution in [2.24, 2.45) is 0 Å². The second kappa shape index (κ2) is 8.66. The summed E-state index contributed by atoms with van der Waals surface area (Å²) < 4.78 is 33.1. The van der Waals surface area contributed by atoms with Gasteiger partial charge < -0.3 is 9.73 Å². The molecule has 2 N–H and O–H groups in total. The van der Waals surface area contributed by atoms with Crippen molar-refractivity contribution < 1.29 is 17.6 Å². The molecule has 9 nitrogen and oxygen atoms in total. The fourth-order valence-corrected chi connectivity index (χ4v) is 4.55. The molecular formula is C20H17N5O4S2. The first-order chi connectivity index (χ1) is 15.0. The topological polar surface area (TPSA) is 127 Å². The van der Waals surface area contributed by atoms with E-state index in [2.05, 4.69) is 25.2 Å². The van der Waals surface area contributed by atoms with Crippen molar-refractivity contribution in [1.29, 1.82) is 0 Å². The van der Waals surface area contributed by atoms with Crippen LogP contribution in [0.5, 0.6) is 0 Å². The Bertz CT molecular complexity index is 1320. The van der Waals surface area contributed by atoms with Gasteiger partial charge in [0.25, 0.3) is 10.0 Å². The molecule has 4 rings (SSSR count). The molecule has 0 saturated heterocycles. The summed E-state index contributed by atoms with van der Waals surface area (Å²) in [6, 6.07) is 13.2. The Morgan fingerprint density at radius 1 is 1.13 bits per heavy atom. The van der Waals surface area contributed by atoms with E-state index in [-0.39, 0.29) is 21.5 Å². The number of para-hydroxylation sites is 2. The third-order valence-corrected chi connectivity index (χ3v) is 6.68. The molecule has 0 aliphatic carbocycles. The molecule has 31 heavy (non-hydrogen) atoms. The molecule has 11 heteroatoms. The number of benzene rings is 2. The van der Waals surface area contributed by atoms with Gasteiger partial charge in [-0.1, -0.05) is 30.4 Å². The van der Waals surface area contributed by atoms with Gasteiger partial charge in [0.2, 0.25) is 11.0 Å². The lowest BCUT2D eigenvalue weighted by Gasteiger charge is -2.06. The quantitative estimate of drug-likeness (QED) is 0.304. The van der Waals surface area contributed by atoms with Crippen molar-refractivity contribution in [3.8, 4) is 0 Å². The summed E-state index contributed by atoms with van der Waals surface area (Å²) in [7, 11) is -3.79. The summed E-state index contributed by atoms with van der Waals surface area (Å²) >= 11 is 1.19. The summed E-state index contributed by atoms with van der Waals surface area (Å²) in [6.07, 6.45) is 2.76. The van der Waals surface area contributed by atoms with Gasteiger partial charge in [-0.05, 0) is 42.8 Å². The van der Waals surface area contributed by atoms with Gasteiger partial charge in [0.1, 0.15) is 10.5 Å². The number of hydrogen-bond donors (Lipinski definition) is 2. The Kier molecular flexibility index (Phi) is 5.78. The molecule has 0 amide bonds. The summed E-state index contributed by atoms with van der Waals surface area (Å²) in [5.41, 5.74) is 2.03. The fraction of sp³-hybridized carbons (Fsp3) is 0.100.